The van der Waals surface area contributed by atoms with E-state index in [1.54, 1.807) is 37.3 Å². The molecule has 1 saturated heterocycles. The standard InChI is InChI=1S/C26H28ClN3O4S/c1-17-9-10-18(2)20(14-17)11-12-24-25(19(3)29-34-24)35(32,33)30-13-5-6-21(16-30)26(31)28-23-8-4-7-22(27)15-23/h4,7-12,14-15,21H,5-6,13,16H2,1-3H3,(H,28,31)/b12-11+/t21-/m0/s1. The lowest BCUT2D eigenvalue weighted by atomic mass is 9.99. The van der Waals surface area contributed by atoms with Gasteiger partial charge in [0.25, 0.3) is 0 Å². The molecule has 1 amide bonds. The Labute approximate surface area is 210 Å². The second kappa shape index (κ2) is 10.4. The third kappa shape index (κ3) is 5.66. The minimum absolute atomic E-state index is 0.0370. The quantitative estimate of drug-likeness (QED) is 0.472. The van der Waals surface area contributed by atoms with Crippen LogP contribution >= 0.6 is 11.6 Å². The molecule has 1 atom stereocenters. The minimum Gasteiger partial charge on any atom is -0.355 e. The Morgan fingerprint density at radius 1 is 1.17 bits per heavy atom. The van der Waals surface area contributed by atoms with E-state index >= 15 is 0 Å². The van der Waals surface area contributed by atoms with Crippen molar-refractivity contribution in [3.05, 3.63) is 75.6 Å². The highest BCUT2D eigenvalue weighted by Gasteiger charge is 2.37. The number of sulfonamides is 1. The van der Waals surface area contributed by atoms with Gasteiger partial charge in [-0.1, -0.05) is 52.7 Å². The highest BCUT2D eigenvalue weighted by molar-refractivity contribution is 7.89. The molecule has 35 heavy (non-hydrogen) atoms. The zero-order valence-electron chi connectivity index (χ0n) is 19.9. The molecule has 0 bridgehead atoms. The Morgan fingerprint density at radius 2 is 1.97 bits per heavy atom. The molecule has 0 radical (unpaired) electrons. The number of nitrogens with zero attached hydrogens (tertiary/aromatic N) is 2. The molecule has 2 aromatic carbocycles. The van der Waals surface area contributed by atoms with Gasteiger partial charge in [-0.05, 0) is 69.0 Å². The van der Waals surface area contributed by atoms with Gasteiger partial charge >= 0.3 is 0 Å². The predicted molar refractivity (Wildman–Crippen MR) is 138 cm³/mol. The summed E-state index contributed by atoms with van der Waals surface area (Å²) >= 11 is 6.01. The van der Waals surface area contributed by atoms with Crippen LogP contribution in [0.25, 0.3) is 12.2 Å². The fraction of sp³-hybridized carbons (Fsp3) is 0.308. The van der Waals surface area contributed by atoms with Crippen LogP contribution in [0.1, 0.15) is 41.0 Å². The van der Waals surface area contributed by atoms with Crippen molar-refractivity contribution in [3.63, 3.8) is 0 Å². The summed E-state index contributed by atoms with van der Waals surface area (Å²) in [5.41, 5.74) is 4.01. The Hall–Kier alpha value is -2.94. The normalized spacial score (nSPS) is 17.1. The molecule has 9 heteroatoms. The summed E-state index contributed by atoms with van der Waals surface area (Å²) < 4.78 is 34.0. The summed E-state index contributed by atoms with van der Waals surface area (Å²) in [4.78, 5) is 12.9. The van der Waals surface area contributed by atoms with Gasteiger partial charge in [-0.3, -0.25) is 4.79 Å². The number of amides is 1. The van der Waals surface area contributed by atoms with Crippen LogP contribution in [0.4, 0.5) is 5.69 Å². The van der Waals surface area contributed by atoms with Gasteiger partial charge in [0.2, 0.25) is 15.9 Å². The van der Waals surface area contributed by atoms with Gasteiger partial charge in [0.15, 0.2) is 10.7 Å². The molecule has 7 nitrogen and oxygen atoms in total. The van der Waals surface area contributed by atoms with Crippen LogP contribution in [0.5, 0.6) is 0 Å². The molecule has 0 saturated carbocycles. The molecular formula is C26H28ClN3O4S. The van der Waals surface area contributed by atoms with E-state index in [0.29, 0.717) is 30.1 Å². The summed E-state index contributed by atoms with van der Waals surface area (Å²) in [5, 5.41) is 7.28. The second-order valence-corrected chi connectivity index (χ2v) is 11.2. The lowest BCUT2D eigenvalue weighted by Gasteiger charge is -2.31. The smallest absolute Gasteiger partial charge is 0.248 e. The van der Waals surface area contributed by atoms with E-state index in [0.717, 1.165) is 16.7 Å². The largest absolute Gasteiger partial charge is 0.355 e. The molecular weight excluding hydrogens is 486 g/mol. The van der Waals surface area contributed by atoms with Crippen molar-refractivity contribution >= 4 is 45.4 Å². The minimum atomic E-state index is -3.92. The van der Waals surface area contributed by atoms with Gasteiger partial charge < -0.3 is 9.84 Å². The highest BCUT2D eigenvalue weighted by Crippen LogP contribution is 2.30. The van der Waals surface area contributed by atoms with Crippen LogP contribution < -0.4 is 5.32 Å². The summed E-state index contributed by atoms with van der Waals surface area (Å²) in [7, 11) is -3.92. The van der Waals surface area contributed by atoms with E-state index in [-0.39, 0.29) is 28.8 Å². The van der Waals surface area contributed by atoms with Gasteiger partial charge in [-0.2, -0.15) is 4.31 Å². The van der Waals surface area contributed by atoms with Crippen molar-refractivity contribution in [2.24, 2.45) is 5.92 Å². The number of anilines is 1. The topological polar surface area (TPSA) is 92.5 Å². The number of halogens is 1. The van der Waals surface area contributed by atoms with Crippen molar-refractivity contribution in [1.82, 2.24) is 9.46 Å². The summed E-state index contributed by atoms with van der Waals surface area (Å²) in [5.74, 6) is -0.537. The molecule has 0 aliphatic carbocycles. The number of carbonyl (C=O) groups is 1. The van der Waals surface area contributed by atoms with E-state index < -0.39 is 15.9 Å². The van der Waals surface area contributed by atoms with Crippen LogP contribution in [0, 0.1) is 26.7 Å². The number of aryl methyl sites for hydroxylation is 3. The maximum atomic E-state index is 13.6. The Bertz CT molecular complexity index is 1380. The number of hydrogen-bond donors (Lipinski definition) is 1. The van der Waals surface area contributed by atoms with Crippen LogP contribution in [0.3, 0.4) is 0 Å². The van der Waals surface area contributed by atoms with Gasteiger partial charge in [0.1, 0.15) is 5.69 Å². The van der Waals surface area contributed by atoms with E-state index in [1.165, 1.54) is 4.31 Å². The van der Waals surface area contributed by atoms with Crippen molar-refractivity contribution in [2.75, 3.05) is 18.4 Å². The zero-order valence-corrected chi connectivity index (χ0v) is 21.5. The average molecular weight is 514 g/mol. The average Bonchev–Trinajstić information content (AvgIpc) is 3.21. The highest BCUT2D eigenvalue weighted by atomic mass is 35.5. The predicted octanol–water partition coefficient (Wildman–Crippen LogP) is 5.46. The SMILES string of the molecule is Cc1ccc(C)c(/C=C/c2onc(C)c2S(=O)(=O)N2CCC[C@H](C(=O)Nc3cccc(Cl)c3)C2)c1. The number of benzene rings is 2. The van der Waals surface area contributed by atoms with E-state index in [2.05, 4.69) is 10.5 Å². The molecule has 1 aliphatic rings. The summed E-state index contributed by atoms with van der Waals surface area (Å²) in [6, 6.07) is 12.9. The summed E-state index contributed by atoms with van der Waals surface area (Å²) in [6.45, 7) is 6.01. The maximum Gasteiger partial charge on any atom is 0.248 e. The number of aromatic nitrogens is 1. The maximum absolute atomic E-state index is 13.6. The fourth-order valence-electron chi connectivity index (χ4n) is 4.22. The molecule has 1 N–H and O–H groups in total. The van der Waals surface area contributed by atoms with Crippen LogP contribution in [-0.2, 0) is 14.8 Å². The monoisotopic (exact) mass is 513 g/mol. The number of piperidine rings is 1. The van der Waals surface area contributed by atoms with Crippen molar-refractivity contribution in [2.45, 2.75) is 38.5 Å². The van der Waals surface area contributed by atoms with E-state index in [1.807, 2.05) is 38.1 Å². The molecule has 3 aromatic rings. The first-order chi connectivity index (χ1) is 16.6. The lowest BCUT2D eigenvalue weighted by Crippen LogP contribution is -2.43. The molecule has 184 valence electrons. The zero-order chi connectivity index (χ0) is 25.2. The first-order valence-corrected chi connectivity index (χ1v) is 13.2. The van der Waals surface area contributed by atoms with Gasteiger partial charge in [0, 0.05) is 23.8 Å². The number of rotatable bonds is 6. The van der Waals surface area contributed by atoms with Crippen molar-refractivity contribution in [3.8, 4) is 0 Å². The molecule has 0 unspecified atom stereocenters. The first kappa shape index (κ1) is 25.2. The lowest BCUT2D eigenvalue weighted by molar-refractivity contribution is -0.120. The number of carbonyl (C=O) groups excluding carboxylic acids is 1. The molecule has 1 aromatic heterocycles. The van der Waals surface area contributed by atoms with Crippen LogP contribution in [0.15, 0.2) is 51.9 Å². The van der Waals surface area contributed by atoms with Gasteiger partial charge in [-0.25, -0.2) is 8.42 Å². The van der Waals surface area contributed by atoms with Gasteiger partial charge in [-0.15, -0.1) is 0 Å². The number of hydrogen-bond acceptors (Lipinski definition) is 5. The number of nitrogens with one attached hydrogen (secondary N) is 1. The third-order valence-corrected chi connectivity index (χ3v) is 8.39. The Balaban J connectivity index is 1.55. The summed E-state index contributed by atoms with van der Waals surface area (Å²) in [6.07, 6.45) is 4.64. The molecule has 1 aliphatic heterocycles. The second-order valence-electron chi connectivity index (χ2n) is 8.86. The molecule has 1 fully saturated rings. The first-order valence-electron chi connectivity index (χ1n) is 11.4. The Morgan fingerprint density at radius 3 is 2.74 bits per heavy atom. The van der Waals surface area contributed by atoms with Gasteiger partial charge in [0.05, 0.1) is 5.92 Å². The van der Waals surface area contributed by atoms with Crippen molar-refractivity contribution in [1.29, 1.82) is 0 Å². The molecule has 4 rings (SSSR count). The molecule has 0 spiro atoms. The van der Waals surface area contributed by atoms with Crippen LogP contribution in [-0.4, -0.2) is 36.9 Å². The fourth-order valence-corrected chi connectivity index (χ4v) is 6.18. The molecule has 2 heterocycles. The van der Waals surface area contributed by atoms with E-state index in [9.17, 15) is 13.2 Å². The van der Waals surface area contributed by atoms with Crippen molar-refractivity contribution < 1.29 is 17.7 Å². The van der Waals surface area contributed by atoms with E-state index in [4.69, 9.17) is 16.1 Å². The third-order valence-electron chi connectivity index (χ3n) is 6.13. The Kier molecular flexibility index (Phi) is 7.44. The van der Waals surface area contributed by atoms with Crippen LogP contribution in [0.2, 0.25) is 5.02 Å².